The van der Waals surface area contributed by atoms with Gasteiger partial charge in [0, 0.05) is 18.7 Å². The first-order valence-electron chi connectivity index (χ1n) is 8.42. The highest BCUT2D eigenvalue weighted by atomic mass is 16.5. The smallest absolute Gasteiger partial charge is 0.311 e. The fourth-order valence-electron chi connectivity index (χ4n) is 2.78. The number of nitrogens with two attached hydrogens (primary N) is 2. The van der Waals surface area contributed by atoms with E-state index in [9.17, 15) is 9.59 Å². The summed E-state index contributed by atoms with van der Waals surface area (Å²) in [6, 6.07) is 7.14. The van der Waals surface area contributed by atoms with Crippen LogP contribution in [-0.2, 0) is 20.9 Å². The number of carbonyl (C=O) groups excluding carboxylic acids is 2. The van der Waals surface area contributed by atoms with Gasteiger partial charge in [-0.1, -0.05) is 0 Å². The van der Waals surface area contributed by atoms with Crippen molar-refractivity contribution in [1.29, 1.82) is 0 Å². The number of nitrogen functional groups attached to an aromatic ring is 2. The molecule has 1 atom stereocenters. The first kappa shape index (κ1) is 18.4. The van der Waals surface area contributed by atoms with Crippen LogP contribution in [0.4, 0.5) is 17.6 Å². The first-order valence-corrected chi connectivity index (χ1v) is 8.42. The van der Waals surface area contributed by atoms with E-state index in [0.717, 1.165) is 5.75 Å². The lowest BCUT2D eigenvalue weighted by Gasteiger charge is -2.17. The van der Waals surface area contributed by atoms with Gasteiger partial charge in [-0.25, -0.2) is 0 Å². The summed E-state index contributed by atoms with van der Waals surface area (Å²) in [4.78, 5) is 37.5. The van der Waals surface area contributed by atoms with Crippen LogP contribution in [0.1, 0.15) is 19.2 Å². The Kier molecular flexibility index (Phi) is 5.34. The predicted octanol–water partition coefficient (Wildman–Crippen LogP) is 0.531. The van der Waals surface area contributed by atoms with E-state index in [1.807, 2.05) is 6.92 Å². The minimum absolute atomic E-state index is 0.0498. The summed E-state index contributed by atoms with van der Waals surface area (Å²) < 4.78 is 10.6. The molecule has 0 aliphatic carbocycles. The van der Waals surface area contributed by atoms with E-state index in [4.69, 9.17) is 20.9 Å². The molecule has 0 unspecified atom stereocenters. The van der Waals surface area contributed by atoms with Gasteiger partial charge >= 0.3 is 5.97 Å². The Morgan fingerprint density at radius 1 is 1.19 bits per heavy atom. The van der Waals surface area contributed by atoms with Crippen molar-refractivity contribution >= 4 is 29.5 Å². The number of aromatic nitrogens is 3. The Bertz CT molecular complexity index is 822. The molecule has 10 nitrogen and oxygen atoms in total. The van der Waals surface area contributed by atoms with E-state index >= 15 is 0 Å². The second-order valence-corrected chi connectivity index (χ2v) is 5.91. The van der Waals surface area contributed by atoms with Crippen LogP contribution in [-0.4, -0.2) is 40.0 Å². The average molecular weight is 372 g/mol. The van der Waals surface area contributed by atoms with Crippen LogP contribution >= 0.6 is 0 Å². The van der Waals surface area contributed by atoms with Crippen molar-refractivity contribution in [3.63, 3.8) is 0 Å². The summed E-state index contributed by atoms with van der Waals surface area (Å²) in [5, 5.41) is 0. The number of ether oxygens (including phenoxy) is 2. The fraction of sp³-hybridized carbons (Fsp3) is 0.353. The third-order valence-electron chi connectivity index (χ3n) is 3.98. The molecule has 3 rings (SSSR count). The van der Waals surface area contributed by atoms with Gasteiger partial charge in [0.1, 0.15) is 5.75 Å². The third kappa shape index (κ3) is 4.40. The Labute approximate surface area is 155 Å². The predicted molar refractivity (Wildman–Crippen MR) is 96.5 cm³/mol. The topological polar surface area (TPSA) is 147 Å². The Morgan fingerprint density at radius 3 is 2.48 bits per heavy atom. The second kappa shape index (κ2) is 7.85. The minimum Gasteiger partial charge on any atom is -0.494 e. The van der Waals surface area contributed by atoms with Crippen LogP contribution < -0.4 is 21.1 Å². The van der Waals surface area contributed by atoms with Gasteiger partial charge in [0.05, 0.1) is 12.5 Å². The van der Waals surface area contributed by atoms with Crippen molar-refractivity contribution in [3.8, 4) is 5.75 Å². The van der Waals surface area contributed by atoms with Gasteiger partial charge in [0.2, 0.25) is 17.8 Å². The zero-order chi connectivity index (χ0) is 19.4. The monoisotopic (exact) mass is 372 g/mol. The number of nitrogens with zero attached hydrogens (tertiary/aromatic N) is 4. The number of hydrogen-bond acceptors (Lipinski definition) is 9. The van der Waals surface area contributed by atoms with Crippen LogP contribution in [0, 0.1) is 5.92 Å². The molecule has 1 saturated heterocycles. The van der Waals surface area contributed by atoms with Crippen molar-refractivity contribution in [1.82, 2.24) is 15.0 Å². The number of carbonyl (C=O) groups is 2. The number of rotatable bonds is 6. The Morgan fingerprint density at radius 2 is 1.85 bits per heavy atom. The molecule has 2 heterocycles. The molecule has 0 spiro atoms. The van der Waals surface area contributed by atoms with Gasteiger partial charge in [-0.3, -0.25) is 9.59 Å². The van der Waals surface area contributed by atoms with Crippen LogP contribution in [0.5, 0.6) is 5.75 Å². The summed E-state index contributed by atoms with van der Waals surface area (Å²) in [7, 11) is 0. The van der Waals surface area contributed by atoms with E-state index in [1.165, 1.54) is 0 Å². The van der Waals surface area contributed by atoms with Crippen molar-refractivity contribution in [2.75, 3.05) is 29.5 Å². The van der Waals surface area contributed by atoms with Crippen molar-refractivity contribution in [3.05, 3.63) is 30.1 Å². The summed E-state index contributed by atoms with van der Waals surface area (Å²) in [6.07, 6.45) is 0.0769. The zero-order valence-electron chi connectivity index (χ0n) is 14.8. The number of amides is 1. The maximum atomic E-state index is 12.3. The molecule has 1 aliphatic heterocycles. The molecule has 1 aliphatic rings. The van der Waals surface area contributed by atoms with Gasteiger partial charge in [0.25, 0.3) is 0 Å². The van der Waals surface area contributed by atoms with E-state index in [-0.39, 0.29) is 43.2 Å². The third-order valence-corrected chi connectivity index (χ3v) is 3.98. The maximum Gasteiger partial charge on any atom is 0.311 e. The molecule has 10 heteroatoms. The van der Waals surface area contributed by atoms with E-state index in [0.29, 0.717) is 12.3 Å². The molecular weight excluding hydrogens is 352 g/mol. The van der Waals surface area contributed by atoms with Crippen molar-refractivity contribution in [2.45, 2.75) is 20.0 Å². The van der Waals surface area contributed by atoms with Gasteiger partial charge in [-0.05, 0) is 31.2 Å². The summed E-state index contributed by atoms with van der Waals surface area (Å²) in [6.45, 7) is 2.51. The van der Waals surface area contributed by atoms with E-state index < -0.39 is 11.9 Å². The lowest BCUT2D eigenvalue weighted by molar-refractivity contribution is -0.149. The molecule has 1 amide bonds. The lowest BCUT2D eigenvalue weighted by atomic mass is 10.1. The molecule has 0 radical (unpaired) electrons. The average Bonchev–Trinajstić information content (AvgIpc) is 3.02. The van der Waals surface area contributed by atoms with Gasteiger partial charge < -0.3 is 25.8 Å². The molecule has 27 heavy (non-hydrogen) atoms. The first-order chi connectivity index (χ1) is 13.0. The van der Waals surface area contributed by atoms with Crippen LogP contribution in [0.25, 0.3) is 0 Å². The SMILES string of the molecule is CCOc1ccc(N2C[C@@H](C(=O)OCc3nc(N)nc(N)n3)CC2=O)cc1. The summed E-state index contributed by atoms with van der Waals surface area (Å²) in [5.74, 6) is -0.442. The Hall–Kier alpha value is -3.43. The number of anilines is 3. The van der Waals surface area contributed by atoms with Gasteiger partial charge in [0.15, 0.2) is 12.4 Å². The molecular formula is C17H20N6O4. The van der Waals surface area contributed by atoms with Crippen LogP contribution in [0.2, 0.25) is 0 Å². The summed E-state index contributed by atoms with van der Waals surface area (Å²) in [5.41, 5.74) is 11.7. The highest BCUT2D eigenvalue weighted by Gasteiger charge is 2.36. The zero-order valence-corrected chi connectivity index (χ0v) is 14.8. The van der Waals surface area contributed by atoms with E-state index in [1.54, 1.807) is 29.2 Å². The van der Waals surface area contributed by atoms with Crippen LogP contribution in [0.15, 0.2) is 24.3 Å². The van der Waals surface area contributed by atoms with Gasteiger partial charge in [-0.2, -0.15) is 15.0 Å². The largest absolute Gasteiger partial charge is 0.494 e. The Balaban J connectivity index is 1.59. The molecule has 4 N–H and O–H groups in total. The normalized spacial score (nSPS) is 16.4. The number of benzene rings is 1. The number of esters is 1. The molecule has 1 fully saturated rings. The standard InChI is InChI=1S/C17H20N6O4/c1-2-26-12-5-3-11(4-6-12)23-8-10(7-14(23)24)15(25)27-9-13-20-16(18)22-17(19)21-13/h3-6,10H,2,7-9H2,1H3,(H4,18,19,20,21,22)/t10-/m0/s1. The van der Waals surface area contributed by atoms with E-state index in [2.05, 4.69) is 15.0 Å². The molecule has 1 aromatic heterocycles. The second-order valence-electron chi connectivity index (χ2n) is 5.91. The number of hydrogen-bond donors (Lipinski definition) is 2. The maximum absolute atomic E-state index is 12.3. The highest BCUT2D eigenvalue weighted by Crippen LogP contribution is 2.27. The van der Waals surface area contributed by atoms with Crippen LogP contribution in [0.3, 0.4) is 0 Å². The van der Waals surface area contributed by atoms with Gasteiger partial charge in [-0.15, -0.1) is 0 Å². The molecule has 0 saturated carbocycles. The fourth-order valence-corrected chi connectivity index (χ4v) is 2.78. The lowest BCUT2D eigenvalue weighted by Crippen LogP contribution is -2.26. The molecule has 142 valence electrons. The highest BCUT2D eigenvalue weighted by molar-refractivity contribution is 5.99. The molecule has 1 aromatic carbocycles. The molecule has 0 bridgehead atoms. The molecule has 2 aromatic rings. The quantitative estimate of drug-likeness (QED) is 0.693. The summed E-state index contributed by atoms with van der Waals surface area (Å²) >= 11 is 0. The minimum atomic E-state index is -0.569. The van der Waals surface area contributed by atoms with Crippen molar-refractivity contribution in [2.24, 2.45) is 5.92 Å². The van der Waals surface area contributed by atoms with Crippen molar-refractivity contribution < 1.29 is 19.1 Å².